The summed E-state index contributed by atoms with van der Waals surface area (Å²) in [5, 5.41) is 20.7. The van der Waals surface area contributed by atoms with Crippen LogP contribution in [0.4, 0.5) is 4.79 Å². The second-order valence-electron chi connectivity index (χ2n) is 4.72. The van der Waals surface area contributed by atoms with Gasteiger partial charge in [-0.1, -0.05) is 12.1 Å². The maximum atomic E-state index is 11.7. The Kier molecular flexibility index (Phi) is 5.99. The SMILES string of the molecule is CC(O)CCN(C)C(=O)NCc1ccc(C(=O)O)cc1. The summed E-state index contributed by atoms with van der Waals surface area (Å²) >= 11 is 0. The second kappa shape index (κ2) is 7.49. The van der Waals surface area contributed by atoms with Gasteiger partial charge in [0.1, 0.15) is 0 Å². The number of aliphatic hydroxyl groups is 1. The van der Waals surface area contributed by atoms with Gasteiger partial charge < -0.3 is 20.4 Å². The number of carbonyl (C=O) groups is 2. The van der Waals surface area contributed by atoms with Crippen molar-refractivity contribution in [1.82, 2.24) is 10.2 Å². The Morgan fingerprint density at radius 3 is 2.40 bits per heavy atom. The van der Waals surface area contributed by atoms with E-state index in [0.717, 1.165) is 5.56 Å². The van der Waals surface area contributed by atoms with Gasteiger partial charge in [-0.25, -0.2) is 9.59 Å². The normalized spacial score (nSPS) is 11.8. The number of nitrogens with one attached hydrogen (secondary N) is 1. The average Bonchev–Trinajstić information content (AvgIpc) is 2.42. The molecule has 0 fully saturated rings. The molecular formula is C14H20N2O4. The van der Waals surface area contributed by atoms with Crippen molar-refractivity contribution in [2.75, 3.05) is 13.6 Å². The van der Waals surface area contributed by atoms with Crippen LogP contribution >= 0.6 is 0 Å². The summed E-state index contributed by atoms with van der Waals surface area (Å²) in [7, 11) is 1.66. The Hall–Kier alpha value is -2.08. The van der Waals surface area contributed by atoms with Crippen LogP contribution in [-0.2, 0) is 6.54 Å². The van der Waals surface area contributed by atoms with Crippen LogP contribution in [0.2, 0.25) is 0 Å². The zero-order valence-corrected chi connectivity index (χ0v) is 11.7. The van der Waals surface area contributed by atoms with E-state index in [0.29, 0.717) is 19.5 Å². The maximum absolute atomic E-state index is 11.7. The predicted octanol–water partition coefficient (Wildman–Crippen LogP) is 1.30. The molecule has 0 saturated heterocycles. The van der Waals surface area contributed by atoms with Crippen LogP contribution in [0.15, 0.2) is 24.3 Å². The molecule has 1 aromatic rings. The van der Waals surface area contributed by atoms with Crippen LogP contribution in [0.1, 0.15) is 29.3 Å². The lowest BCUT2D eigenvalue weighted by Crippen LogP contribution is -2.38. The highest BCUT2D eigenvalue weighted by Gasteiger charge is 2.09. The lowest BCUT2D eigenvalue weighted by atomic mass is 10.1. The first-order valence-electron chi connectivity index (χ1n) is 6.39. The molecule has 0 radical (unpaired) electrons. The van der Waals surface area contributed by atoms with Gasteiger partial charge in [-0.05, 0) is 31.0 Å². The Labute approximate surface area is 118 Å². The van der Waals surface area contributed by atoms with Crippen molar-refractivity contribution >= 4 is 12.0 Å². The number of nitrogens with zero attached hydrogens (tertiary/aromatic N) is 1. The summed E-state index contributed by atoms with van der Waals surface area (Å²) in [5.74, 6) is -0.974. The van der Waals surface area contributed by atoms with Crippen molar-refractivity contribution in [2.45, 2.75) is 26.0 Å². The van der Waals surface area contributed by atoms with Crippen molar-refractivity contribution in [3.05, 3.63) is 35.4 Å². The van der Waals surface area contributed by atoms with Gasteiger partial charge in [-0.3, -0.25) is 0 Å². The summed E-state index contributed by atoms with van der Waals surface area (Å²) in [5.41, 5.74) is 1.04. The zero-order chi connectivity index (χ0) is 15.1. The molecule has 0 bridgehead atoms. The van der Waals surface area contributed by atoms with Gasteiger partial charge in [-0.2, -0.15) is 0 Å². The van der Waals surface area contributed by atoms with E-state index in [-0.39, 0.29) is 11.6 Å². The number of carbonyl (C=O) groups excluding carboxylic acids is 1. The topological polar surface area (TPSA) is 89.9 Å². The second-order valence-corrected chi connectivity index (χ2v) is 4.72. The number of urea groups is 1. The van der Waals surface area contributed by atoms with Crippen LogP contribution < -0.4 is 5.32 Å². The van der Waals surface area contributed by atoms with Crippen LogP contribution in [-0.4, -0.2) is 46.8 Å². The van der Waals surface area contributed by atoms with Crippen LogP contribution in [0.5, 0.6) is 0 Å². The van der Waals surface area contributed by atoms with Gasteiger partial charge in [0, 0.05) is 20.1 Å². The molecule has 110 valence electrons. The molecular weight excluding hydrogens is 260 g/mol. The summed E-state index contributed by atoms with van der Waals surface area (Å²) in [4.78, 5) is 23.9. The molecule has 1 aromatic carbocycles. The lowest BCUT2D eigenvalue weighted by molar-refractivity contribution is 0.0696. The first-order chi connectivity index (χ1) is 9.40. The Morgan fingerprint density at radius 2 is 1.90 bits per heavy atom. The number of hydrogen-bond acceptors (Lipinski definition) is 3. The molecule has 1 rings (SSSR count). The highest BCUT2D eigenvalue weighted by molar-refractivity contribution is 5.87. The quantitative estimate of drug-likeness (QED) is 0.732. The van der Waals surface area contributed by atoms with E-state index in [1.807, 2.05) is 0 Å². The number of rotatable bonds is 6. The minimum absolute atomic E-state index is 0.217. The van der Waals surface area contributed by atoms with E-state index < -0.39 is 12.1 Å². The molecule has 1 unspecified atom stereocenters. The fraction of sp³-hybridized carbons (Fsp3) is 0.429. The molecule has 6 heteroatoms. The highest BCUT2D eigenvalue weighted by Crippen LogP contribution is 2.04. The Bertz CT molecular complexity index is 457. The van der Waals surface area contributed by atoms with Gasteiger partial charge in [0.15, 0.2) is 0 Å². The monoisotopic (exact) mass is 280 g/mol. The van der Waals surface area contributed by atoms with Gasteiger partial charge in [0.05, 0.1) is 11.7 Å². The van der Waals surface area contributed by atoms with E-state index in [9.17, 15) is 9.59 Å². The number of benzene rings is 1. The molecule has 0 saturated carbocycles. The number of hydrogen-bond donors (Lipinski definition) is 3. The summed E-state index contributed by atoms with van der Waals surface area (Å²) < 4.78 is 0. The molecule has 0 spiro atoms. The molecule has 0 aromatic heterocycles. The predicted molar refractivity (Wildman–Crippen MR) is 74.6 cm³/mol. The number of aromatic carboxylic acids is 1. The fourth-order valence-corrected chi connectivity index (χ4v) is 1.56. The van der Waals surface area contributed by atoms with E-state index in [1.165, 1.54) is 17.0 Å². The Morgan fingerprint density at radius 1 is 1.30 bits per heavy atom. The lowest BCUT2D eigenvalue weighted by Gasteiger charge is -2.18. The van der Waals surface area contributed by atoms with Crippen LogP contribution in [0, 0.1) is 0 Å². The molecule has 0 aliphatic rings. The largest absolute Gasteiger partial charge is 0.478 e. The molecule has 3 N–H and O–H groups in total. The maximum Gasteiger partial charge on any atom is 0.335 e. The molecule has 2 amide bonds. The first-order valence-corrected chi connectivity index (χ1v) is 6.39. The average molecular weight is 280 g/mol. The van der Waals surface area contributed by atoms with E-state index >= 15 is 0 Å². The van der Waals surface area contributed by atoms with E-state index in [1.54, 1.807) is 26.1 Å². The van der Waals surface area contributed by atoms with Crippen LogP contribution in [0.25, 0.3) is 0 Å². The number of aliphatic hydroxyl groups excluding tert-OH is 1. The smallest absolute Gasteiger partial charge is 0.335 e. The molecule has 1 atom stereocenters. The van der Waals surface area contributed by atoms with Crippen molar-refractivity contribution < 1.29 is 19.8 Å². The summed E-state index contributed by atoms with van der Waals surface area (Å²) in [6.45, 7) is 2.48. The third kappa shape index (κ3) is 5.27. The highest BCUT2D eigenvalue weighted by atomic mass is 16.4. The molecule has 0 aliphatic carbocycles. The van der Waals surface area contributed by atoms with Gasteiger partial charge in [-0.15, -0.1) is 0 Å². The number of carboxylic acid groups (broad SMARTS) is 1. The minimum Gasteiger partial charge on any atom is -0.478 e. The first kappa shape index (κ1) is 16.0. The number of amides is 2. The Balaban J connectivity index is 2.42. The van der Waals surface area contributed by atoms with Crippen molar-refractivity contribution in [3.63, 3.8) is 0 Å². The van der Waals surface area contributed by atoms with Gasteiger partial charge in [0.2, 0.25) is 0 Å². The third-order valence-electron chi connectivity index (χ3n) is 2.87. The van der Waals surface area contributed by atoms with Gasteiger partial charge in [0.25, 0.3) is 0 Å². The van der Waals surface area contributed by atoms with Crippen LogP contribution in [0.3, 0.4) is 0 Å². The third-order valence-corrected chi connectivity index (χ3v) is 2.87. The molecule has 6 nitrogen and oxygen atoms in total. The van der Waals surface area contributed by atoms with Crippen molar-refractivity contribution in [3.8, 4) is 0 Å². The van der Waals surface area contributed by atoms with E-state index in [4.69, 9.17) is 10.2 Å². The zero-order valence-electron chi connectivity index (χ0n) is 11.7. The minimum atomic E-state index is -0.974. The summed E-state index contributed by atoms with van der Waals surface area (Å²) in [6, 6.07) is 6.11. The fourth-order valence-electron chi connectivity index (χ4n) is 1.56. The van der Waals surface area contributed by atoms with Crippen molar-refractivity contribution in [1.29, 1.82) is 0 Å². The van der Waals surface area contributed by atoms with Gasteiger partial charge >= 0.3 is 12.0 Å². The molecule has 0 heterocycles. The number of carboxylic acids is 1. The van der Waals surface area contributed by atoms with Crippen molar-refractivity contribution in [2.24, 2.45) is 0 Å². The van der Waals surface area contributed by atoms with E-state index in [2.05, 4.69) is 5.32 Å². The standard InChI is InChI=1S/C14H20N2O4/c1-10(17)7-8-16(2)14(20)15-9-11-3-5-12(6-4-11)13(18)19/h3-6,10,17H,7-9H2,1-2H3,(H,15,20)(H,18,19). The molecule has 20 heavy (non-hydrogen) atoms. The summed E-state index contributed by atoms with van der Waals surface area (Å²) in [6.07, 6.45) is 0.0887. The molecule has 0 aliphatic heterocycles.